The first-order chi connectivity index (χ1) is 17.1. The average molecular weight is 521 g/mol. The minimum absolute atomic E-state index is 0.161. The Kier molecular flexibility index (Phi) is 11.6. The summed E-state index contributed by atoms with van der Waals surface area (Å²) in [5.74, 6) is 4.11. The lowest BCUT2D eigenvalue weighted by molar-refractivity contribution is 0.108. The van der Waals surface area contributed by atoms with Crippen molar-refractivity contribution in [3.05, 3.63) is 29.8 Å². The van der Waals surface area contributed by atoms with Crippen molar-refractivity contribution in [1.82, 2.24) is 0 Å². The molecule has 1 unspecified atom stereocenters. The van der Waals surface area contributed by atoms with Gasteiger partial charge >= 0.3 is 0 Å². The molecule has 2 aromatic rings. The van der Waals surface area contributed by atoms with E-state index in [0.29, 0.717) is 82.9 Å². The van der Waals surface area contributed by atoms with Crippen molar-refractivity contribution in [3.8, 4) is 34.5 Å². The van der Waals surface area contributed by atoms with Crippen molar-refractivity contribution < 1.29 is 33.2 Å². The zero-order valence-corrected chi connectivity index (χ0v) is 24.0. The third-order valence-electron chi connectivity index (χ3n) is 4.95. The summed E-state index contributed by atoms with van der Waals surface area (Å²) in [6, 6.07) is 7.06. The molecule has 0 aliphatic carbocycles. The van der Waals surface area contributed by atoms with Crippen molar-refractivity contribution in [3.63, 3.8) is 0 Å². The SMILES string of the molecule is COc1cc(OC)c(C(=O)Pc2c(OCC(C)C)cc(OCC(C)C)cc2OCC(C)C)c(OC)c1. The van der Waals surface area contributed by atoms with Gasteiger partial charge in [0.25, 0.3) is 0 Å². The summed E-state index contributed by atoms with van der Waals surface area (Å²) in [7, 11) is 4.29. The van der Waals surface area contributed by atoms with Crippen LogP contribution in [0.2, 0.25) is 0 Å². The lowest BCUT2D eigenvalue weighted by Crippen LogP contribution is -2.17. The molecule has 0 heterocycles. The molecule has 0 aromatic heterocycles. The van der Waals surface area contributed by atoms with Crippen LogP contribution in [0.3, 0.4) is 0 Å². The number of hydrogen-bond donors (Lipinski definition) is 0. The minimum Gasteiger partial charge on any atom is -0.496 e. The van der Waals surface area contributed by atoms with Crippen LogP contribution in [0.4, 0.5) is 0 Å². The first-order valence-corrected chi connectivity index (χ1v) is 13.3. The normalized spacial score (nSPS) is 11.4. The van der Waals surface area contributed by atoms with Crippen LogP contribution in [0.25, 0.3) is 0 Å². The highest BCUT2D eigenvalue weighted by atomic mass is 31.1. The van der Waals surface area contributed by atoms with Crippen LogP contribution in [0.1, 0.15) is 51.9 Å². The first-order valence-electron chi connectivity index (χ1n) is 12.3. The molecular formula is C28H41O7P. The molecule has 0 fully saturated rings. The van der Waals surface area contributed by atoms with Crippen molar-refractivity contribution in [2.45, 2.75) is 41.5 Å². The minimum atomic E-state index is -0.295. The predicted octanol–water partition coefficient (Wildman–Crippen LogP) is 5.96. The van der Waals surface area contributed by atoms with E-state index in [4.69, 9.17) is 28.4 Å². The Morgan fingerprint density at radius 2 is 1.06 bits per heavy atom. The second kappa shape index (κ2) is 14.2. The summed E-state index contributed by atoms with van der Waals surface area (Å²) < 4.78 is 34.8. The van der Waals surface area contributed by atoms with E-state index in [2.05, 4.69) is 41.5 Å². The molecular weight excluding hydrogens is 479 g/mol. The standard InChI is InChI=1S/C28H41O7P/c1-17(2)14-33-21-12-24(34-15-18(3)4)27(25(13-21)35-16-19(5)6)36-28(29)26-22(31-8)10-20(30-7)11-23(26)32-9/h10-13,17-19,36H,14-16H2,1-9H3. The van der Waals surface area contributed by atoms with Gasteiger partial charge in [0.2, 0.25) is 0 Å². The smallest absolute Gasteiger partial charge is 0.193 e. The van der Waals surface area contributed by atoms with E-state index in [-0.39, 0.29) is 14.1 Å². The zero-order chi connectivity index (χ0) is 26.8. The molecule has 7 nitrogen and oxygen atoms in total. The third-order valence-corrected chi connectivity index (χ3v) is 6.17. The molecule has 0 amide bonds. The lowest BCUT2D eigenvalue weighted by Gasteiger charge is -2.21. The van der Waals surface area contributed by atoms with Gasteiger partial charge in [0.1, 0.15) is 40.1 Å². The van der Waals surface area contributed by atoms with Gasteiger partial charge in [-0.3, -0.25) is 4.79 Å². The topological polar surface area (TPSA) is 72.5 Å². The van der Waals surface area contributed by atoms with Gasteiger partial charge in [0.05, 0.1) is 46.5 Å². The Morgan fingerprint density at radius 1 is 0.639 bits per heavy atom. The van der Waals surface area contributed by atoms with E-state index in [9.17, 15) is 4.79 Å². The number of hydrogen-bond acceptors (Lipinski definition) is 7. The fourth-order valence-corrected chi connectivity index (χ4v) is 4.31. The summed E-state index contributed by atoms with van der Waals surface area (Å²) in [4.78, 5) is 13.7. The van der Waals surface area contributed by atoms with Crippen LogP contribution in [0.5, 0.6) is 34.5 Å². The number of benzene rings is 2. The van der Waals surface area contributed by atoms with Gasteiger partial charge in [-0.25, -0.2) is 0 Å². The Hall–Kier alpha value is -2.66. The van der Waals surface area contributed by atoms with Gasteiger partial charge in [-0.2, -0.15) is 0 Å². The van der Waals surface area contributed by atoms with E-state index in [1.165, 1.54) is 14.2 Å². The van der Waals surface area contributed by atoms with Crippen LogP contribution in [0, 0.1) is 17.8 Å². The molecule has 0 N–H and O–H groups in total. The monoisotopic (exact) mass is 520 g/mol. The van der Waals surface area contributed by atoms with Crippen LogP contribution >= 0.6 is 8.58 Å². The number of methoxy groups -OCH3 is 3. The maximum absolute atomic E-state index is 13.7. The largest absolute Gasteiger partial charge is 0.496 e. The van der Waals surface area contributed by atoms with Crippen LogP contribution in [-0.4, -0.2) is 46.7 Å². The van der Waals surface area contributed by atoms with Crippen LogP contribution in [0.15, 0.2) is 24.3 Å². The molecule has 1 atom stereocenters. The quantitative estimate of drug-likeness (QED) is 0.268. The Balaban J connectivity index is 2.58. The fourth-order valence-electron chi connectivity index (χ4n) is 3.18. The highest BCUT2D eigenvalue weighted by molar-refractivity contribution is 7.66. The molecule has 0 bridgehead atoms. The molecule has 0 spiro atoms. The predicted molar refractivity (Wildman–Crippen MR) is 146 cm³/mol. The molecule has 0 radical (unpaired) electrons. The summed E-state index contributed by atoms with van der Waals surface area (Å²) in [5.41, 5.74) is 0.190. The molecule has 36 heavy (non-hydrogen) atoms. The number of ether oxygens (including phenoxy) is 6. The Labute approximate surface area is 217 Å². The van der Waals surface area contributed by atoms with Gasteiger partial charge in [-0.1, -0.05) is 41.5 Å². The van der Waals surface area contributed by atoms with Gasteiger partial charge < -0.3 is 28.4 Å². The van der Waals surface area contributed by atoms with Gasteiger partial charge in [0.15, 0.2) is 5.52 Å². The zero-order valence-electron chi connectivity index (χ0n) is 23.0. The first kappa shape index (κ1) is 29.6. The van der Waals surface area contributed by atoms with Gasteiger partial charge in [0, 0.05) is 24.3 Å². The maximum Gasteiger partial charge on any atom is 0.193 e. The number of carbonyl (C=O) groups excluding carboxylic acids is 1. The van der Waals surface area contributed by atoms with Gasteiger partial charge in [-0.15, -0.1) is 0 Å². The maximum atomic E-state index is 13.7. The van der Waals surface area contributed by atoms with Crippen molar-refractivity contribution in [1.29, 1.82) is 0 Å². The molecule has 0 saturated heterocycles. The molecule has 0 aliphatic heterocycles. The molecule has 200 valence electrons. The van der Waals surface area contributed by atoms with Crippen molar-refractivity contribution in [2.75, 3.05) is 41.2 Å². The molecule has 2 aromatic carbocycles. The molecule has 2 rings (SSSR count). The van der Waals surface area contributed by atoms with E-state index in [1.54, 1.807) is 19.2 Å². The van der Waals surface area contributed by atoms with Crippen molar-refractivity contribution in [2.24, 2.45) is 17.8 Å². The highest BCUT2D eigenvalue weighted by Gasteiger charge is 2.25. The Morgan fingerprint density at radius 3 is 1.44 bits per heavy atom. The summed E-state index contributed by atoms with van der Waals surface area (Å²) >= 11 is 0. The Bertz CT molecular complexity index is 943. The van der Waals surface area contributed by atoms with E-state index < -0.39 is 0 Å². The average Bonchev–Trinajstić information content (AvgIpc) is 2.84. The second-order valence-electron chi connectivity index (χ2n) is 9.77. The number of rotatable bonds is 15. The second-order valence-corrected chi connectivity index (χ2v) is 11.0. The fraction of sp³-hybridized carbons (Fsp3) is 0.536. The van der Waals surface area contributed by atoms with E-state index >= 15 is 0 Å². The van der Waals surface area contributed by atoms with Crippen LogP contribution < -0.4 is 33.7 Å². The highest BCUT2D eigenvalue weighted by Crippen LogP contribution is 2.41. The van der Waals surface area contributed by atoms with E-state index in [0.717, 1.165) is 0 Å². The molecule has 0 aliphatic rings. The lowest BCUT2D eigenvalue weighted by atomic mass is 10.2. The number of carbonyl (C=O) groups is 1. The summed E-state index contributed by atoms with van der Waals surface area (Å²) in [6.07, 6.45) is 0. The summed E-state index contributed by atoms with van der Waals surface area (Å²) in [5, 5.41) is 0.693. The molecule has 8 heteroatoms. The third kappa shape index (κ3) is 8.48. The van der Waals surface area contributed by atoms with E-state index in [1.807, 2.05) is 12.1 Å². The van der Waals surface area contributed by atoms with Crippen molar-refractivity contribution >= 4 is 19.4 Å². The van der Waals surface area contributed by atoms with Crippen LogP contribution in [-0.2, 0) is 0 Å². The van der Waals surface area contributed by atoms with Gasteiger partial charge in [-0.05, 0) is 26.3 Å². The summed E-state index contributed by atoms with van der Waals surface area (Å²) in [6.45, 7) is 14.1. The molecule has 0 saturated carbocycles.